The fourth-order valence-corrected chi connectivity index (χ4v) is 2.54. The highest BCUT2D eigenvalue weighted by Crippen LogP contribution is 2.35. The van der Waals surface area contributed by atoms with Crippen LogP contribution in [0.2, 0.25) is 0 Å². The third kappa shape index (κ3) is 3.64. The Balaban J connectivity index is 1.61. The summed E-state index contributed by atoms with van der Waals surface area (Å²) >= 11 is 0. The number of phenols is 2. The van der Waals surface area contributed by atoms with Gasteiger partial charge in [0.25, 0.3) is 0 Å². The Kier molecular flexibility index (Phi) is 5.12. The minimum absolute atomic E-state index is 0.00209. The van der Waals surface area contributed by atoms with Crippen molar-refractivity contribution in [2.24, 2.45) is 0 Å². The van der Waals surface area contributed by atoms with Crippen molar-refractivity contribution in [1.82, 2.24) is 0 Å². The predicted molar refractivity (Wildman–Crippen MR) is 96.0 cm³/mol. The standard InChI is InChI=1S/C20H18O6/c1-24-13-6-8-14(9-7-13)25-10-11-26-20(23)17-12-18(21)15-4-2-3-5-16(15)19(17)22/h2-9,12,21-22H,10-11H2,1H3. The van der Waals surface area contributed by atoms with Gasteiger partial charge in [-0.25, -0.2) is 4.79 Å². The number of methoxy groups -OCH3 is 1. The molecule has 0 saturated carbocycles. The Bertz CT molecular complexity index is 917. The zero-order chi connectivity index (χ0) is 18.5. The number of hydrogen-bond donors (Lipinski definition) is 2. The number of carbonyl (C=O) groups is 1. The molecule has 6 heteroatoms. The number of fused-ring (bicyclic) bond motifs is 1. The molecule has 0 aliphatic heterocycles. The van der Waals surface area contributed by atoms with E-state index in [2.05, 4.69) is 0 Å². The van der Waals surface area contributed by atoms with E-state index in [-0.39, 0.29) is 30.3 Å². The Morgan fingerprint density at radius 1 is 0.923 bits per heavy atom. The smallest absolute Gasteiger partial charge is 0.342 e. The van der Waals surface area contributed by atoms with E-state index >= 15 is 0 Å². The summed E-state index contributed by atoms with van der Waals surface area (Å²) < 4.78 is 15.6. The fourth-order valence-electron chi connectivity index (χ4n) is 2.54. The predicted octanol–water partition coefficient (Wildman–Crippen LogP) is 3.50. The number of esters is 1. The first-order chi connectivity index (χ1) is 12.6. The second kappa shape index (κ2) is 7.65. The van der Waals surface area contributed by atoms with Crippen molar-refractivity contribution in [3.05, 3.63) is 60.2 Å². The van der Waals surface area contributed by atoms with Crippen LogP contribution in [-0.4, -0.2) is 36.5 Å². The molecule has 0 aliphatic rings. The number of rotatable bonds is 6. The third-order valence-electron chi connectivity index (χ3n) is 3.86. The van der Waals surface area contributed by atoms with Crippen LogP contribution >= 0.6 is 0 Å². The van der Waals surface area contributed by atoms with Crippen molar-refractivity contribution in [3.8, 4) is 23.0 Å². The minimum Gasteiger partial charge on any atom is -0.507 e. The first-order valence-corrected chi connectivity index (χ1v) is 7.98. The molecule has 0 aromatic heterocycles. The van der Waals surface area contributed by atoms with Gasteiger partial charge in [0, 0.05) is 10.8 Å². The molecule has 3 aromatic carbocycles. The van der Waals surface area contributed by atoms with Gasteiger partial charge in [-0.05, 0) is 30.3 Å². The lowest BCUT2D eigenvalue weighted by molar-refractivity contribution is 0.0447. The summed E-state index contributed by atoms with van der Waals surface area (Å²) in [6.07, 6.45) is 0. The molecule has 0 aliphatic carbocycles. The van der Waals surface area contributed by atoms with Crippen LogP contribution < -0.4 is 9.47 Å². The number of benzene rings is 3. The van der Waals surface area contributed by atoms with E-state index in [1.807, 2.05) is 0 Å². The summed E-state index contributed by atoms with van der Waals surface area (Å²) in [5, 5.41) is 21.2. The molecule has 0 saturated heterocycles. The highest BCUT2D eigenvalue weighted by Gasteiger charge is 2.18. The van der Waals surface area contributed by atoms with E-state index in [9.17, 15) is 15.0 Å². The highest BCUT2D eigenvalue weighted by atomic mass is 16.6. The number of ether oxygens (including phenoxy) is 3. The number of hydrogen-bond acceptors (Lipinski definition) is 6. The molecule has 3 aromatic rings. The van der Waals surface area contributed by atoms with Crippen LogP contribution in [0.15, 0.2) is 54.6 Å². The van der Waals surface area contributed by atoms with Gasteiger partial charge in [-0.3, -0.25) is 0 Å². The molecule has 0 heterocycles. The van der Waals surface area contributed by atoms with Gasteiger partial charge in [0.1, 0.15) is 41.8 Å². The maximum absolute atomic E-state index is 12.2. The fraction of sp³-hybridized carbons (Fsp3) is 0.150. The molecule has 0 atom stereocenters. The van der Waals surface area contributed by atoms with Gasteiger partial charge in [-0.1, -0.05) is 24.3 Å². The molecule has 0 radical (unpaired) electrons. The highest BCUT2D eigenvalue weighted by molar-refractivity contribution is 6.03. The van der Waals surface area contributed by atoms with Gasteiger partial charge in [-0.2, -0.15) is 0 Å². The van der Waals surface area contributed by atoms with Crippen LogP contribution in [0, 0.1) is 0 Å². The first-order valence-electron chi connectivity index (χ1n) is 7.98. The van der Waals surface area contributed by atoms with Crippen molar-refractivity contribution in [1.29, 1.82) is 0 Å². The molecule has 3 rings (SSSR count). The number of phenolic OH excluding ortho intramolecular Hbond substituents is 2. The third-order valence-corrected chi connectivity index (χ3v) is 3.86. The topological polar surface area (TPSA) is 85.2 Å². The average molecular weight is 354 g/mol. The lowest BCUT2D eigenvalue weighted by atomic mass is 10.0. The summed E-state index contributed by atoms with van der Waals surface area (Å²) in [6, 6.07) is 14.9. The van der Waals surface area contributed by atoms with E-state index in [0.29, 0.717) is 16.5 Å². The van der Waals surface area contributed by atoms with E-state index in [1.54, 1.807) is 55.6 Å². The van der Waals surface area contributed by atoms with Crippen molar-refractivity contribution >= 4 is 16.7 Å². The average Bonchev–Trinajstić information content (AvgIpc) is 2.68. The van der Waals surface area contributed by atoms with Crippen molar-refractivity contribution in [2.75, 3.05) is 20.3 Å². The molecule has 0 fully saturated rings. The van der Waals surface area contributed by atoms with Crippen LogP contribution in [0.3, 0.4) is 0 Å². The van der Waals surface area contributed by atoms with Gasteiger partial charge in [0.15, 0.2) is 0 Å². The van der Waals surface area contributed by atoms with Gasteiger partial charge in [0.05, 0.1) is 7.11 Å². The van der Waals surface area contributed by atoms with Gasteiger partial charge >= 0.3 is 5.97 Å². The lowest BCUT2D eigenvalue weighted by Crippen LogP contribution is -2.12. The lowest BCUT2D eigenvalue weighted by Gasteiger charge is -2.11. The van der Waals surface area contributed by atoms with Gasteiger partial charge in [-0.15, -0.1) is 0 Å². The zero-order valence-corrected chi connectivity index (χ0v) is 14.1. The molecule has 0 spiro atoms. The van der Waals surface area contributed by atoms with E-state index in [1.165, 1.54) is 6.07 Å². The second-order valence-corrected chi connectivity index (χ2v) is 5.50. The normalized spacial score (nSPS) is 10.5. The second-order valence-electron chi connectivity index (χ2n) is 5.50. The Labute approximate surface area is 150 Å². The molecule has 0 amide bonds. The van der Waals surface area contributed by atoms with Crippen molar-refractivity contribution < 1.29 is 29.2 Å². The summed E-state index contributed by atoms with van der Waals surface area (Å²) in [5.41, 5.74) is -0.0920. The number of carbonyl (C=O) groups excluding carboxylic acids is 1. The van der Waals surface area contributed by atoms with Crippen LogP contribution in [0.1, 0.15) is 10.4 Å². The Morgan fingerprint density at radius 3 is 2.27 bits per heavy atom. The Hall–Kier alpha value is -3.41. The summed E-state index contributed by atoms with van der Waals surface area (Å²) in [4.78, 5) is 12.2. The van der Waals surface area contributed by atoms with E-state index in [4.69, 9.17) is 14.2 Å². The largest absolute Gasteiger partial charge is 0.507 e. The maximum atomic E-state index is 12.2. The molecule has 0 bridgehead atoms. The van der Waals surface area contributed by atoms with E-state index in [0.717, 1.165) is 5.75 Å². The minimum atomic E-state index is -0.734. The molecule has 0 unspecified atom stereocenters. The molecule has 6 nitrogen and oxygen atoms in total. The summed E-state index contributed by atoms with van der Waals surface area (Å²) in [5.74, 6) is 0.282. The molecule has 2 N–H and O–H groups in total. The van der Waals surface area contributed by atoms with Crippen LogP contribution in [0.4, 0.5) is 0 Å². The van der Waals surface area contributed by atoms with Crippen molar-refractivity contribution in [2.45, 2.75) is 0 Å². The SMILES string of the molecule is COc1ccc(OCCOC(=O)c2cc(O)c3ccccc3c2O)cc1. The monoisotopic (exact) mass is 354 g/mol. The van der Waals surface area contributed by atoms with Gasteiger partial charge in [0.2, 0.25) is 0 Å². The van der Waals surface area contributed by atoms with Crippen LogP contribution in [-0.2, 0) is 4.74 Å². The summed E-state index contributed by atoms with van der Waals surface area (Å²) in [6.45, 7) is 0.149. The van der Waals surface area contributed by atoms with Crippen molar-refractivity contribution in [3.63, 3.8) is 0 Å². The maximum Gasteiger partial charge on any atom is 0.342 e. The zero-order valence-electron chi connectivity index (χ0n) is 14.1. The molecule has 26 heavy (non-hydrogen) atoms. The Morgan fingerprint density at radius 2 is 1.58 bits per heavy atom. The quantitative estimate of drug-likeness (QED) is 0.400. The molecular weight excluding hydrogens is 336 g/mol. The van der Waals surface area contributed by atoms with Crippen LogP contribution in [0.5, 0.6) is 23.0 Å². The van der Waals surface area contributed by atoms with Gasteiger partial charge < -0.3 is 24.4 Å². The number of aromatic hydroxyl groups is 2. The molecule has 134 valence electrons. The summed E-state index contributed by atoms with van der Waals surface area (Å²) in [7, 11) is 1.58. The van der Waals surface area contributed by atoms with E-state index < -0.39 is 5.97 Å². The molecular formula is C20H18O6. The van der Waals surface area contributed by atoms with Crippen LogP contribution in [0.25, 0.3) is 10.8 Å². The first kappa shape index (κ1) is 17.4.